The van der Waals surface area contributed by atoms with E-state index in [0.717, 1.165) is 173 Å². The molecule has 0 saturated carbocycles. The molecule has 0 aliphatic carbocycles. The monoisotopic (exact) mass is 1620 g/mol. The molecule has 0 saturated heterocycles. The maximum Gasteiger partial charge on any atom is 0.472 e. The summed E-state index contributed by atoms with van der Waals surface area (Å²) in [6.07, 6.45) is 110. The Morgan fingerprint density at radius 2 is 0.469 bits per heavy atom. The van der Waals surface area contributed by atoms with Crippen LogP contribution >= 0.6 is 15.6 Å². The van der Waals surface area contributed by atoms with E-state index in [1.54, 1.807) is 0 Å². The molecular formula is C95H162O16P2. The average molecular weight is 1620 g/mol. The van der Waals surface area contributed by atoms with Crippen LogP contribution in [0.4, 0.5) is 0 Å². The Labute approximate surface area is 689 Å². The standard InChI is InChI=1S/C95H162O16P2/c1-4-7-10-13-16-19-22-25-28-30-32-34-36-38-40-42-44-46-48-50-52-54-56-58-61-63-66-69-72-75-78-81-93(98)105-84-90(96)85-107-112(101,102)108-86-91(97)87-109-113(103,104)110-89-92(111-95(100)83-80-77-74-71-68-65-60-27-24-21-18-15-12-9-6-3)88-106-94(99)82-79-76-73-70-67-64-62-59-57-55-53-51-49-47-45-43-41-39-37-35-33-31-29-26-23-20-17-14-11-8-5-2/h7-8,10-11,16-17,19-20,25-29,32-35,38-41,44-47,60,90-92,96-97H,4-6,9,12-15,18,21-24,30-31,36-37,42-43,48-59,61-89H2,1-3H3,(H,101,102)(H,103,104)/b10-7-,11-8-,19-16-,20-17-,28-25-,29-26-,34-32-,35-33-,40-38-,41-39-,46-44-,47-45-,60-27-. The molecule has 0 aromatic rings. The lowest BCUT2D eigenvalue weighted by molar-refractivity contribution is -0.161. The number of phosphoric acid groups is 2. The molecule has 0 aromatic carbocycles. The predicted molar refractivity (Wildman–Crippen MR) is 472 cm³/mol. The van der Waals surface area contributed by atoms with Crippen LogP contribution in [0.15, 0.2) is 158 Å². The van der Waals surface area contributed by atoms with Crippen LogP contribution in [0, 0.1) is 0 Å². The fraction of sp³-hybridized carbons (Fsp3) is 0.695. The van der Waals surface area contributed by atoms with E-state index in [-0.39, 0.29) is 19.3 Å². The van der Waals surface area contributed by atoms with Gasteiger partial charge in [-0.25, -0.2) is 9.13 Å². The molecule has 0 aliphatic rings. The molecule has 5 unspecified atom stereocenters. The van der Waals surface area contributed by atoms with E-state index in [9.17, 15) is 43.5 Å². The van der Waals surface area contributed by atoms with Crippen molar-refractivity contribution < 1.29 is 75.8 Å². The molecule has 113 heavy (non-hydrogen) atoms. The van der Waals surface area contributed by atoms with Crippen molar-refractivity contribution in [3.63, 3.8) is 0 Å². The van der Waals surface area contributed by atoms with Gasteiger partial charge in [0.15, 0.2) is 6.10 Å². The lowest BCUT2D eigenvalue weighted by atomic mass is 10.0. The summed E-state index contributed by atoms with van der Waals surface area (Å²) in [5, 5.41) is 20.7. The minimum absolute atomic E-state index is 0.0927. The first-order valence-electron chi connectivity index (χ1n) is 44.8. The molecule has 0 bridgehead atoms. The predicted octanol–water partition coefficient (Wildman–Crippen LogP) is 27.3. The lowest BCUT2D eigenvalue weighted by Crippen LogP contribution is -2.30. The number of unbranched alkanes of at least 4 members (excludes halogenated alkanes) is 35. The Balaban J connectivity index is 4.50. The number of rotatable bonds is 84. The Morgan fingerprint density at radius 3 is 0.752 bits per heavy atom. The molecule has 0 spiro atoms. The molecule has 0 aromatic heterocycles. The molecule has 0 radical (unpaired) electrons. The van der Waals surface area contributed by atoms with Gasteiger partial charge in [0, 0.05) is 19.3 Å². The van der Waals surface area contributed by atoms with E-state index in [1.807, 2.05) is 0 Å². The van der Waals surface area contributed by atoms with Crippen molar-refractivity contribution in [3.05, 3.63) is 158 Å². The van der Waals surface area contributed by atoms with Gasteiger partial charge >= 0.3 is 33.6 Å². The number of phosphoric ester groups is 2. The van der Waals surface area contributed by atoms with Gasteiger partial charge in [0.1, 0.15) is 25.4 Å². The highest BCUT2D eigenvalue weighted by atomic mass is 31.2. The van der Waals surface area contributed by atoms with E-state index in [4.69, 9.17) is 32.3 Å². The van der Waals surface area contributed by atoms with Crippen molar-refractivity contribution >= 4 is 33.6 Å². The number of allylic oxidation sites excluding steroid dienone is 26. The van der Waals surface area contributed by atoms with Crippen LogP contribution in [-0.4, -0.2) is 95.9 Å². The number of carbonyl (C=O) groups is 3. The third kappa shape index (κ3) is 87.8. The van der Waals surface area contributed by atoms with Crippen LogP contribution in [0.1, 0.15) is 367 Å². The molecular weight excluding hydrogens is 1460 g/mol. The van der Waals surface area contributed by atoms with Crippen LogP contribution in [0.2, 0.25) is 0 Å². The fourth-order valence-electron chi connectivity index (χ4n) is 12.0. The fourth-order valence-corrected chi connectivity index (χ4v) is 13.6. The number of carbonyl (C=O) groups excluding carboxylic acids is 3. The third-order valence-corrected chi connectivity index (χ3v) is 20.6. The zero-order chi connectivity index (χ0) is 82.2. The molecule has 0 aliphatic heterocycles. The summed E-state index contributed by atoms with van der Waals surface area (Å²) in [6.45, 7) is 2.47. The highest BCUT2D eigenvalue weighted by molar-refractivity contribution is 7.47. The van der Waals surface area contributed by atoms with Gasteiger partial charge in [0.25, 0.3) is 0 Å². The first-order chi connectivity index (χ1) is 55.2. The quantitative estimate of drug-likeness (QED) is 0.0146. The maximum atomic E-state index is 13.0. The first-order valence-corrected chi connectivity index (χ1v) is 47.8. The van der Waals surface area contributed by atoms with Gasteiger partial charge < -0.3 is 34.2 Å². The first kappa shape index (κ1) is 108. The Kier molecular flexibility index (Phi) is 82.8. The number of hydrogen-bond acceptors (Lipinski definition) is 14. The maximum absolute atomic E-state index is 13.0. The minimum atomic E-state index is -4.94. The Bertz CT molecular complexity index is 2680. The average Bonchev–Trinajstić information content (AvgIpc) is 0.903. The van der Waals surface area contributed by atoms with Gasteiger partial charge in [0.2, 0.25) is 0 Å². The van der Waals surface area contributed by atoms with E-state index in [2.05, 4.69) is 179 Å². The van der Waals surface area contributed by atoms with Crippen LogP contribution < -0.4 is 0 Å². The largest absolute Gasteiger partial charge is 0.472 e. The molecule has 0 heterocycles. The summed E-state index contributed by atoms with van der Waals surface area (Å²) < 4.78 is 61.4. The topological polar surface area (TPSA) is 231 Å². The second-order valence-electron chi connectivity index (χ2n) is 29.6. The van der Waals surface area contributed by atoms with Crippen LogP contribution in [0.3, 0.4) is 0 Å². The number of ether oxygens (including phenoxy) is 3. The van der Waals surface area contributed by atoms with Gasteiger partial charge in [-0.15, -0.1) is 0 Å². The summed E-state index contributed by atoms with van der Waals surface area (Å²) in [5.41, 5.74) is 0. The summed E-state index contributed by atoms with van der Waals surface area (Å²) in [4.78, 5) is 58.9. The van der Waals surface area contributed by atoms with Gasteiger partial charge in [-0.1, -0.05) is 359 Å². The Morgan fingerprint density at radius 1 is 0.257 bits per heavy atom. The molecule has 0 amide bonds. The van der Waals surface area contributed by atoms with E-state index in [1.165, 1.54) is 135 Å². The molecule has 0 fully saturated rings. The van der Waals surface area contributed by atoms with Crippen molar-refractivity contribution in [1.29, 1.82) is 0 Å². The van der Waals surface area contributed by atoms with Crippen molar-refractivity contribution in [2.75, 3.05) is 39.6 Å². The lowest BCUT2D eigenvalue weighted by Gasteiger charge is -2.21. The van der Waals surface area contributed by atoms with Crippen molar-refractivity contribution in [3.8, 4) is 0 Å². The molecule has 4 N–H and O–H groups in total. The van der Waals surface area contributed by atoms with Gasteiger partial charge in [-0.2, -0.15) is 0 Å². The molecule has 648 valence electrons. The molecule has 5 atom stereocenters. The molecule has 0 rings (SSSR count). The minimum Gasteiger partial charge on any atom is -0.463 e. The van der Waals surface area contributed by atoms with E-state index < -0.39 is 91.5 Å². The molecule has 18 heteroatoms. The van der Waals surface area contributed by atoms with Crippen molar-refractivity contribution in [1.82, 2.24) is 0 Å². The van der Waals surface area contributed by atoms with Crippen molar-refractivity contribution in [2.45, 2.75) is 386 Å². The Hall–Kier alpha value is -4.83. The van der Waals surface area contributed by atoms with Crippen molar-refractivity contribution in [2.24, 2.45) is 0 Å². The zero-order valence-corrected chi connectivity index (χ0v) is 73.0. The van der Waals surface area contributed by atoms with E-state index >= 15 is 0 Å². The highest BCUT2D eigenvalue weighted by Gasteiger charge is 2.29. The zero-order valence-electron chi connectivity index (χ0n) is 71.3. The van der Waals surface area contributed by atoms with Crippen LogP contribution in [-0.2, 0) is 55.8 Å². The summed E-state index contributed by atoms with van der Waals surface area (Å²) in [5.74, 6) is -1.58. The second kappa shape index (κ2) is 86.5. The third-order valence-electron chi connectivity index (χ3n) is 18.7. The summed E-state index contributed by atoms with van der Waals surface area (Å²) in [6, 6.07) is 0. The smallest absolute Gasteiger partial charge is 0.463 e. The van der Waals surface area contributed by atoms with Gasteiger partial charge in [0.05, 0.1) is 26.4 Å². The van der Waals surface area contributed by atoms with Gasteiger partial charge in [-0.3, -0.25) is 32.5 Å². The van der Waals surface area contributed by atoms with E-state index in [0.29, 0.717) is 19.3 Å². The number of aliphatic hydroxyl groups is 2. The highest BCUT2D eigenvalue weighted by Crippen LogP contribution is 2.45. The van der Waals surface area contributed by atoms with Crippen LogP contribution in [0.25, 0.3) is 0 Å². The SMILES string of the molecule is CC/C=C\C/C=C\C/C=C\C/C=C\C/C=C\C/C=C\CCCCCCCCCCCCCCC(=O)OCC(O)COP(=O)(O)OCC(O)COP(=O)(O)OCC(COC(=O)CCCCCCCCCCCCCC/C=C\C/C=C\C/C=C\C/C=C\C/C=C\C/C=C\CC)OC(=O)CCCCCCC/C=C\CCCCCCCC. The number of esters is 3. The van der Waals surface area contributed by atoms with Crippen LogP contribution in [0.5, 0.6) is 0 Å². The normalized spacial score (nSPS) is 14.6. The number of hydrogen-bond donors (Lipinski definition) is 4. The molecule has 16 nitrogen and oxygen atoms in total. The number of aliphatic hydroxyl groups excluding tert-OH is 2. The second-order valence-corrected chi connectivity index (χ2v) is 32.5. The summed E-state index contributed by atoms with van der Waals surface area (Å²) in [7, 11) is -9.80. The van der Waals surface area contributed by atoms with Gasteiger partial charge in [-0.05, 0) is 148 Å². The summed E-state index contributed by atoms with van der Waals surface area (Å²) >= 11 is 0.